The first-order valence-electron chi connectivity index (χ1n) is 9.08. The standard InChI is InChI=1S/C19H29NO5S/c1-5-26(23,24)18-13(2)9-10-15-17(18)14(12-19(3,4)25-15)20-11-7-6-8-16(21)22/h9-10,14,20H,5-8,11-12H2,1-4H3,(H,21,22). The van der Waals surface area contributed by atoms with Gasteiger partial charge in [0, 0.05) is 24.4 Å². The molecule has 1 heterocycles. The highest BCUT2D eigenvalue weighted by molar-refractivity contribution is 7.91. The number of nitrogens with one attached hydrogen (secondary N) is 1. The molecule has 146 valence electrons. The molecule has 1 aromatic rings. The summed E-state index contributed by atoms with van der Waals surface area (Å²) in [6.45, 7) is 8.07. The van der Waals surface area contributed by atoms with Crippen molar-refractivity contribution in [2.75, 3.05) is 12.3 Å². The number of hydrogen-bond acceptors (Lipinski definition) is 5. The molecule has 0 radical (unpaired) electrons. The van der Waals surface area contributed by atoms with Gasteiger partial charge in [0.05, 0.1) is 10.6 Å². The van der Waals surface area contributed by atoms with Gasteiger partial charge in [-0.3, -0.25) is 4.79 Å². The SMILES string of the molecule is CCS(=O)(=O)c1c(C)ccc2c1C(NCCCCC(=O)O)CC(C)(C)O2. The summed E-state index contributed by atoms with van der Waals surface area (Å²) in [5.41, 5.74) is 1.03. The summed E-state index contributed by atoms with van der Waals surface area (Å²) in [4.78, 5) is 11.0. The number of fused-ring (bicyclic) bond motifs is 1. The molecule has 0 fully saturated rings. The lowest BCUT2D eigenvalue weighted by Gasteiger charge is -2.39. The molecule has 0 amide bonds. The molecule has 1 unspecified atom stereocenters. The first-order chi connectivity index (χ1) is 12.1. The largest absolute Gasteiger partial charge is 0.487 e. The topological polar surface area (TPSA) is 92.7 Å². The van der Waals surface area contributed by atoms with Crippen molar-refractivity contribution in [2.24, 2.45) is 0 Å². The number of rotatable bonds is 8. The number of benzene rings is 1. The number of aryl methyl sites for hydroxylation is 1. The summed E-state index contributed by atoms with van der Waals surface area (Å²) >= 11 is 0. The predicted molar refractivity (Wildman–Crippen MR) is 100 cm³/mol. The number of carboxylic acid groups (broad SMARTS) is 1. The molecule has 0 spiro atoms. The predicted octanol–water partition coefficient (Wildman–Crippen LogP) is 3.24. The molecule has 0 saturated heterocycles. The van der Waals surface area contributed by atoms with E-state index in [1.54, 1.807) is 13.0 Å². The maximum absolute atomic E-state index is 12.7. The minimum atomic E-state index is -3.38. The Morgan fingerprint density at radius 3 is 2.65 bits per heavy atom. The van der Waals surface area contributed by atoms with Gasteiger partial charge in [0.15, 0.2) is 9.84 Å². The van der Waals surface area contributed by atoms with E-state index in [0.717, 1.165) is 12.0 Å². The maximum Gasteiger partial charge on any atom is 0.303 e. The van der Waals surface area contributed by atoms with Gasteiger partial charge in [-0.1, -0.05) is 13.0 Å². The van der Waals surface area contributed by atoms with E-state index in [4.69, 9.17) is 9.84 Å². The van der Waals surface area contributed by atoms with Gasteiger partial charge in [0.2, 0.25) is 0 Å². The number of aliphatic carboxylic acids is 1. The number of ether oxygens (including phenoxy) is 1. The van der Waals surface area contributed by atoms with Crippen LogP contribution in [0.2, 0.25) is 0 Å². The quantitative estimate of drug-likeness (QED) is 0.670. The second kappa shape index (κ2) is 7.96. The molecule has 1 aliphatic rings. The third kappa shape index (κ3) is 4.76. The van der Waals surface area contributed by atoms with Crippen molar-refractivity contribution in [3.63, 3.8) is 0 Å². The first kappa shape index (κ1) is 20.7. The Kier molecular flexibility index (Phi) is 6.34. The number of carbonyl (C=O) groups is 1. The molecule has 1 atom stereocenters. The van der Waals surface area contributed by atoms with Crippen LogP contribution >= 0.6 is 0 Å². The molecule has 2 N–H and O–H groups in total. The summed E-state index contributed by atoms with van der Waals surface area (Å²) in [6.07, 6.45) is 2.11. The van der Waals surface area contributed by atoms with E-state index in [-0.39, 0.29) is 18.2 Å². The minimum Gasteiger partial charge on any atom is -0.487 e. The summed E-state index contributed by atoms with van der Waals surface area (Å²) in [5, 5.41) is 12.2. The molecular formula is C19H29NO5S. The highest BCUT2D eigenvalue weighted by Gasteiger charge is 2.37. The van der Waals surface area contributed by atoms with E-state index in [9.17, 15) is 13.2 Å². The Labute approximate surface area is 155 Å². The van der Waals surface area contributed by atoms with Crippen molar-refractivity contribution in [3.05, 3.63) is 23.3 Å². The minimum absolute atomic E-state index is 0.0407. The fourth-order valence-electron chi connectivity index (χ4n) is 3.45. The zero-order valence-electron chi connectivity index (χ0n) is 16.0. The Hall–Kier alpha value is -1.60. The van der Waals surface area contributed by atoms with Crippen molar-refractivity contribution in [3.8, 4) is 5.75 Å². The molecule has 0 bridgehead atoms. The van der Waals surface area contributed by atoms with E-state index in [1.165, 1.54) is 0 Å². The average Bonchev–Trinajstić information content (AvgIpc) is 2.53. The highest BCUT2D eigenvalue weighted by atomic mass is 32.2. The molecule has 7 heteroatoms. The van der Waals surface area contributed by atoms with Gasteiger partial charge < -0.3 is 15.2 Å². The van der Waals surface area contributed by atoms with Crippen LogP contribution in [0.25, 0.3) is 0 Å². The third-order valence-electron chi connectivity index (χ3n) is 4.68. The van der Waals surface area contributed by atoms with Crippen molar-refractivity contribution in [1.82, 2.24) is 5.32 Å². The van der Waals surface area contributed by atoms with Gasteiger partial charge in [-0.05, 0) is 51.8 Å². The molecule has 0 saturated carbocycles. The van der Waals surface area contributed by atoms with Crippen molar-refractivity contribution < 1.29 is 23.1 Å². The molecule has 0 aliphatic carbocycles. The second-order valence-electron chi connectivity index (χ2n) is 7.45. The Morgan fingerprint density at radius 2 is 2.04 bits per heavy atom. The fraction of sp³-hybridized carbons (Fsp3) is 0.632. The van der Waals surface area contributed by atoms with Crippen LogP contribution in [0, 0.1) is 6.92 Å². The van der Waals surface area contributed by atoms with Gasteiger partial charge in [-0.15, -0.1) is 0 Å². The van der Waals surface area contributed by atoms with E-state index < -0.39 is 21.4 Å². The van der Waals surface area contributed by atoms with E-state index >= 15 is 0 Å². The smallest absolute Gasteiger partial charge is 0.303 e. The molecule has 0 aromatic heterocycles. The first-order valence-corrected chi connectivity index (χ1v) is 10.7. The van der Waals surface area contributed by atoms with Crippen LogP contribution in [0.4, 0.5) is 0 Å². The van der Waals surface area contributed by atoms with Crippen LogP contribution in [0.1, 0.15) is 63.6 Å². The van der Waals surface area contributed by atoms with Gasteiger partial charge in [0.25, 0.3) is 0 Å². The van der Waals surface area contributed by atoms with Gasteiger partial charge in [-0.2, -0.15) is 0 Å². The van der Waals surface area contributed by atoms with Crippen LogP contribution in [-0.4, -0.2) is 37.4 Å². The normalized spacial score (nSPS) is 18.8. The fourth-order valence-corrected chi connectivity index (χ4v) is 4.88. The molecule has 2 rings (SSSR count). The lowest BCUT2D eigenvalue weighted by Crippen LogP contribution is -2.40. The Morgan fingerprint density at radius 1 is 1.35 bits per heavy atom. The third-order valence-corrected chi connectivity index (χ3v) is 6.61. The average molecular weight is 384 g/mol. The summed E-state index contributed by atoms with van der Waals surface area (Å²) in [6, 6.07) is 3.50. The Balaban J connectivity index is 2.34. The zero-order chi connectivity index (χ0) is 19.5. The Bertz CT molecular complexity index is 770. The van der Waals surface area contributed by atoms with E-state index in [1.807, 2.05) is 26.8 Å². The van der Waals surface area contributed by atoms with Crippen LogP contribution in [-0.2, 0) is 14.6 Å². The number of sulfone groups is 1. The van der Waals surface area contributed by atoms with Crippen molar-refractivity contribution >= 4 is 15.8 Å². The van der Waals surface area contributed by atoms with Crippen LogP contribution in [0.3, 0.4) is 0 Å². The van der Waals surface area contributed by atoms with Crippen LogP contribution in [0.5, 0.6) is 5.75 Å². The van der Waals surface area contributed by atoms with Gasteiger partial charge in [-0.25, -0.2) is 8.42 Å². The molecular weight excluding hydrogens is 354 g/mol. The van der Waals surface area contributed by atoms with Crippen LogP contribution < -0.4 is 10.1 Å². The second-order valence-corrected chi connectivity index (χ2v) is 9.67. The molecule has 1 aromatic carbocycles. The zero-order valence-corrected chi connectivity index (χ0v) is 16.8. The molecule has 6 nitrogen and oxygen atoms in total. The van der Waals surface area contributed by atoms with Gasteiger partial charge >= 0.3 is 5.97 Å². The monoisotopic (exact) mass is 383 g/mol. The van der Waals surface area contributed by atoms with Crippen LogP contribution in [0.15, 0.2) is 17.0 Å². The molecule has 26 heavy (non-hydrogen) atoms. The number of hydrogen-bond donors (Lipinski definition) is 2. The molecule has 1 aliphatic heterocycles. The summed E-state index contributed by atoms with van der Waals surface area (Å²) in [7, 11) is -3.38. The van der Waals surface area contributed by atoms with E-state index in [2.05, 4.69) is 5.32 Å². The summed E-state index contributed by atoms with van der Waals surface area (Å²) < 4.78 is 31.5. The number of carboxylic acids is 1. The maximum atomic E-state index is 12.7. The van der Waals surface area contributed by atoms with Crippen molar-refractivity contribution in [2.45, 2.75) is 69.9 Å². The highest BCUT2D eigenvalue weighted by Crippen LogP contribution is 2.44. The van der Waals surface area contributed by atoms with E-state index in [0.29, 0.717) is 35.6 Å². The lowest BCUT2D eigenvalue weighted by atomic mass is 9.88. The van der Waals surface area contributed by atoms with Crippen molar-refractivity contribution in [1.29, 1.82) is 0 Å². The summed E-state index contributed by atoms with van der Waals surface area (Å²) in [5.74, 6) is -0.143. The number of unbranched alkanes of at least 4 members (excludes halogenated alkanes) is 1. The van der Waals surface area contributed by atoms with Gasteiger partial charge in [0.1, 0.15) is 11.4 Å². The lowest BCUT2D eigenvalue weighted by molar-refractivity contribution is -0.137.